The minimum atomic E-state index is -0.627. The molecule has 0 saturated carbocycles. The van der Waals surface area contributed by atoms with E-state index in [2.05, 4.69) is 4.98 Å². The van der Waals surface area contributed by atoms with Crippen molar-refractivity contribution in [1.82, 2.24) is 4.98 Å². The predicted octanol–water partition coefficient (Wildman–Crippen LogP) is 1.64. The van der Waals surface area contributed by atoms with Gasteiger partial charge in [-0.1, -0.05) is 0 Å². The maximum atomic E-state index is 12.1. The lowest BCUT2D eigenvalue weighted by atomic mass is 10.1. The number of nitrogens with zero attached hydrogens (tertiary/aromatic N) is 1. The number of nitrogens with two attached hydrogens (primary N) is 1. The molecule has 0 atom stereocenters. The van der Waals surface area contributed by atoms with Crippen LogP contribution in [0.1, 0.15) is 31.1 Å². The van der Waals surface area contributed by atoms with E-state index in [-0.39, 0.29) is 17.1 Å². The molecule has 0 aliphatic rings. The number of hydrogen-bond acceptors (Lipinski definition) is 6. The Kier molecular flexibility index (Phi) is 4.00. The molecule has 1 aromatic rings. The highest BCUT2D eigenvalue weighted by Crippen LogP contribution is 2.34. The van der Waals surface area contributed by atoms with Gasteiger partial charge in [0.05, 0.1) is 20.4 Å². The Balaban J connectivity index is 3.26. The second-order valence-corrected chi connectivity index (χ2v) is 4.62. The highest BCUT2D eigenvalue weighted by atomic mass is 16.6. The smallest absolute Gasteiger partial charge is 0.346 e. The van der Waals surface area contributed by atoms with Crippen molar-refractivity contribution < 1.29 is 19.0 Å². The number of aromatic nitrogens is 1. The number of carbonyl (C=O) groups excluding carboxylic acids is 1. The number of pyridine rings is 1. The molecule has 0 aromatic carbocycles. The van der Waals surface area contributed by atoms with Gasteiger partial charge >= 0.3 is 5.97 Å². The van der Waals surface area contributed by atoms with Crippen LogP contribution >= 0.6 is 0 Å². The van der Waals surface area contributed by atoms with Crippen molar-refractivity contribution in [3.8, 4) is 11.5 Å². The van der Waals surface area contributed by atoms with E-state index in [0.29, 0.717) is 5.75 Å². The van der Waals surface area contributed by atoms with Crippen LogP contribution in [0.5, 0.6) is 11.5 Å². The first-order chi connectivity index (χ1) is 8.30. The summed E-state index contributed by atoms with van der Waals surface area (Å²) in [6, 6.07) is 0. The van der Waals surface area contributed by atoms with Crippen LogP contribution in [-0.2, 0) is 4.74 Å². The fourth-order valence-corrected chi connectivity index (χ4v) is 1.37. The first kappa shape index (κ1) is 14.1. The monoisotopic (exact) mass is 254 g/mol. The zero-order valence-electron chi connectivity index (χ0n) is 11.2. The lowest BCUT2D eigenvalue weighted by Crippen LogP contribution is -2.25. The molecule has 0 bridgehead atoms. The Morgan fingerprint density at radius 3 is 2.33 bits per heavy atom. The van der Waals surface area contributed by atoms with Crippen molar-refractivity contribution in [2.24, 2.45) is 0 Å². The van der Waals surface area contributed by atoms with Crippen molar-refractivity contribution in [2.45, 2.75) is 26.4 Å². The van der Waals surface area contributed by atoms with Gasteiger partial charge in [-0.05, 0) is 20.8 Å². The number of anilines is 1. The van der Waals surface area contributed by atoms with Gasteiger partial charge < -0.3 is 19.9 Å². The number of hydrogen-bond donors (Lipinski definition) is 1. The summed E-state index contributed by atoms with van der Waals surface area (Å²) < 4.78 is 15.5. The zero-order chi connectivity index (χ0) is 13.9. The van der Waals surface area contributed by atoms with Crippen molar-refractivity contribution in [3.63, 3.8) is 0 Å². The number of rotatable bonds is 3. The summed E-state index contributed by atoms with van der Waals surface area (Å²) in [5.74, 6) is -0.00282. The minimum absolute atomic E-state index is 0.0434. The molecule has 0 radical (unpaired) electrons. The van der Waals surface area contributed by atoms with E-state index in [9.17, 15) is 4.79 Å². The summed E-state index contributed by atoms with van der Waals surface area (Å²) in [5, 5.41) is 0. The van der Waals surface area contributed by atoms with Crippen molar-refractivity contribution >= 4 is 11.8 Å². The van der Waals surface area contributed by atoms with Crippen molar-refractivity contribution in [1.29, 1.82) is 0 Å². The van der Waals surface area contributed by atoms with Crippen molar-refractivity contribution in [3.05, 3.63) is 11.8 Å². The van der Waals surface area contributed by atoms with Gasteiger partial charge in [-0.25, -0.2) is 9.78 Å². The molecule has 0 spiro atoms. The maximum Gasteiger partial charge on any atom is 0.346 e. The molecule has 0 aliphatic heterocycles. The SMILES string of the molecule is COc1cnc(N)c(C(=O)OC(C)(C)C)c1OC. The molecule has 0 amide bonds. The Hall–Kier alpha value is -1.98. The van der Waals surface area contributed by atoms with E-state index in [1.54, 1.807) is 20.8 Å². The average Bonchev–Trinajstić information content (AvgIpc) is 2.25. The third-order valence-electron chi connectivity index (χ3n) is 2.05. The van der Waals surface area contributed by atoms with Crippen LogP contribution in [-0.4, -0.2) is 30.8 Å². The molecule has 0 aliphatic carbocycles. The predicted molar refractivity (Wildman–Crippen MR) is 66.9 cm³/mol. The van der Waals surface area contributed by atoms with E-state index < -0.39 is 11.6 Å². The van der Waals surface area contributed by atoms with E-state index in [1.807, 2.05) is 0 Å². The third kappa shape index (κ3) is 3.03. The normalized spacial score (nSPS) is 10.9. The van der Waals surface area contributed by atoms with Crippen LogP contribution in [0.3, 0.4) is 0 Å². The molecule has 18 heavy (non-hydrogen) atoms. The molecule has 0 saturated heterocycles. The maximum absolute atomic E-state index is 12.1. The van der Waals surface area contributed by atoms with Gasteiger partial charge in [0.25, 0.3) is 0 Å². The molecule has 6 heteroatoms. The number of methoxy groups -OCH3 is 2. The number of carbonyl (C=O) groups is 1. The van der Waals surface area contributed by atoms with Crippen LogP contribution in [0.2, 0.25) is 0 Å². The highest BCUT2D eigenvalue weighted by Gasteiger charge is 2.26. The fourth-order valence-electron chi connectivity index (χ4n) is 1.37. The van der Waals surface area contributed by atoms with Crippen LogP contribution < -0.4 is 15.2 Å². The molecule has 2 N–H and O–H groups in total. The van der Waals surface area contributed by atoms with Crippen LogP contribution in [0, 0.1) is 0 Å². The average molecular weight is 254 g/mol. The Bertz CT molecular complexity index is 452. The number of nitrogen functional groups attached to an aromatic ring is 1. The molecule has 0 fully saturated rings. The summed E-state index contributed by atoms with van der Waals surface area (Å²) in [4.78, 5) is 15.9. The van der Waals surface area contributed by atoms with E-state index >= 15 is 0 Å². The Morgan fingerprint density at radius 1 is 1.28 bits per heavy atom. The van der Waals surface area contributed by atoms with Gasteiger partial charge in [0.2, 0.25) is 0 Å². The largest absolute Gasteiger partial charge is 0.492 e. The van der Waals surface area contributed by atoms with Crippen LogP contribution in [0.4, 0.5) is 5.82 Å². The summed E-state index contributed by atoms with van der Waals surface area (Å²) in [7, 11) is 2.87. The molecule has 0 unspecified atom stereocenters. The summed E-state index contributed by atoms with van der Waals surface area (Å²) in [6.07, 6.45) is 1.39. The van der Waals surface area contributed by atoms with E-state index in [4.69, 9.17) is 19.9 Å². The van der Waals surface area contributed by atoms with Crippen LogP contribution in [0.25, 0.3) is 0 Å². The molecular weight excluding hydrogens is 236 g/mol. The molecule has 100 valence electrons. The second kappa shape index (κ2) is 5.12. The summed E-state index contributed by atoms with van der Waals surface area (Å²) in [6.45, 7) is 5.30. The van der Waals surface area contributed by atoms with E-state index in [0.717, 1.165) is 0 Å². The molecule has 1 heterocycles. The Morgan fingerprint density at radius 2 is 1.89 bits per heavy atom. The van der Waals surface area contributed by atoms with Crippen molar-refractivity contribution in [2.75, 3.05) is 20.0 Å². The van der Waals surface area contributed by atoms with Gasteiger partial charge in [0.1, 0.15) is 17.0 Å². The van der Waals surface area contributed by atoms with Gasteiger partial charge in [0, 0.05) is 0 Å². The molecule has 1 rings (SSSR count). The molecule has 6 nitrogen and oxygen atoms in total. The zero-order valence-corrected chi connectivity index (χ0v) is 11.2. The van der Waals surface area contributed by atoms with Gasteiger partial charge in [0.15, 0.2) is 11.5 Å². The quantitative estimate of drug-likeness (QED) is 0.825. The summed E-state index contributed by atoms with van der Waals surface area (Å²) >= 11 is 0. The fraction of sp³-hybridized carbons (Fsp3) is 0.500. The minimum Gasteiger partial charge on any atom is -0.492 e. The van der Waals surface area contributed by atoms with Crippen LogP contribution in [0.15, 0.2) is 6.20 Å². The highest BCUT2D eigenvalue weighted by molar-refractivity contribution is 5.98. The molecule has 1 aromatic heterocycles. The first-order valence-corrected chi connectivity index (χ1v) is 5.40. The Labute approximate surface area is 106 Å². The topological polar surface area (TPSA) is 83.7 Å². The molecular formula is C12H18N2O4. The standard InChI is InChI=1S/C12H18N2O4/c1-12(2,3)18-11(15)8-9(17-5)7(16-4)6-14-10(8)13/h6H,1-5H3,(H2,13,14). The summed E-state index contributed by atoms with van der Waals surface area (Å²) in [5.41, 5.74) is 5.14. The van der Waals surface area contributed by atoms with Gasteiger partial charge in [-0.15, -0.1) is 0 Å². The first-order valence-electron chi connectivity index (χ1n) is 5.40. The third-order valence-corrected chi connectivity index (χ3v) is 2.05. The second-order valence-electron chi connectivity index (χ2n) is 4.62. The lowest BCUT2D eigenvalue weighted by Gasteiger charge is -2.21. The number of esters is 1. The van der Waals surface area contributed by atoms with Gasteiger partial charge in [-0.2, -0.15) is 0 Å². The lowest BCUT2D eigenvalue weighted by molar-refractivity contribution is 0.00669. The number of ether oxygens (including phenoxy) is 3. The van der Waals surface area contributed by atoms with E-state index in [1.165, 1.54) is 20.4 Å². The van der Waals surface area contributed by atoms with Gasteiger partial charge in [-0.3, -0.25) is 0 Å².